The van der Waals surface area contributed by atoms with Gasteiger partial charge in [-0.1, -0.05) is 10.5 Å². The molecule has 0 aromatic heterocycles. The van der Waals surface area contributed by atoms with E-state index >= 15 is 0 Å². The molecular weight excluding hydrogens is 128 g/mol. The molecule has 0 aliphatic heterocycles. The smallest absolute Gasteiger partial charge is 0.0526 e. The first-order valence-electron chi connectivity index (χ1n) is 2.43. The molecule has 0 amide bonds. The van der Waals surface area contributed by atoms with Gasteiger partial charge in [-0.25, -0.2) is 0 Å². The van der Waals surface area contributed by atoms with Gasteiger partial charge in [-0.3, -0.25) is 20.8 Å². The normalized spacial score (nSPS) is 11.3. The van der Waals surface area contributed by atoms with Crippen LogP contribution in [0.3, 0.4) is 0 Å². The lowest BCUT2D eigenvalue weighted by atomic mass is 10.4. The zero-order chi connectivity index (χ0) is 7.28. The molecule has 0 aliphatic rings. The first kappa shape index (κ1) is 8.76. The van der Waals surface area contributed by atoms with Gasteiger partial charge in [-0.15, -0.1) is 0 Å². The molecule has 0 aromatic carbocycles. The summed E-state index contributed by atoms with van der Waals surface area (Å²) in [6.45, 7) is -0.0325. The Morgan fingerprint density at radius 3 is 1.33 bits per heavy atom. The number of hydroxylamine groups is 4. The molecule has 56 valence electrons. The van der Waals surface area contributed by atoms with Crippen LogP contribution in [-0.4, -0.2) is 44.4 Å². The fourth-order valence-corrected chi connectivity index (χ4v) is 0.354. The van der Waals surface area contributed by atoms with Crippen molar-refractivity contribution in [1.29, 1.82) is 0 Å². The third kappa shape index (κ3) is 7.76. The lowest BCUT2D eigenvalue weighted by Gasteiger charge is -2.07. The Labute approximate surface area is 52.0 Å². The predicted molar refractivity (Wildman–Crippen MR) is 25.2 cm³/mol. The van der Waals surface area contributed by atoms with E-state index < -0.39 is 0 Å². The number of nitrogens with zero attached hydrogens (tertiary/aromatic N) is 2. The van der Waals surface area contributed by atoms with Crippen LogP contribution in [0.15, 0.2) is 0 Å². The predicted octanol–water partition coefficient (Wildman–Crippen LogP) is -0.463. The van der Waals surface area contributed by atoms with Crippen molar-refractivity contribution in [2.75, 3.05) is 13.1 Å². The van der Waals surface area contributed by atoms with Crippen molar-refractivity contribution < 1.29 is 20.8 Å². The van der Waals surface area contributed by atoms with Crippen molar-refractivity contribution in [3.63, 3.8) is 0 Å². The fraction of sp³-hybridized carbons (Fsp3) is 1.00. The van der Waals surface area contributed by atoms with Crippen LogP contribution in [-0.2, 0) is 0 Å². The summed E-state index contributed by atoms with van der Waals surface area (Å²) in [6, 6.07) is 0. The first-order valence-corrected chi connectivity index (χ1v) is 2.43. The topological polar surface area (TPSA) is 87.4 Å². The molecule has 6 nitrogen and oxygen atoms in total. The molecular formula is C3H10N2O4. The highest BCUT2D eigenvalue weighted by atomic mass is 16.8. The van der Waals surface area contributed by atoms with Crippen LogP contribution in [0.4, 0.5) is 0 Å². The van der Waals surface area contributed by atoms with E-state index in [4.69, 9.17) is 20.8 Å². The molecule has 9 heavy (non-hydrogen) atoms. The van der Waals surface area contributed by atoms with Crippen LogP contribution in [0.1, 0.15) is 6.42 Å². The zero-order valence-corrected chi connectivity index (χ0v) is 4.80. The Morgan fingerprint density at radius 1 is 0.778 bits per heavy atom. The summed E-state index contributed by atoms with van der Waals surface area (Å²) in [6.07, 6.45) is 0.264. The van der Waals surface area contributed by atoms with Gasteiger partial charge >= 0.3 is 0 Å². The largest absolute Gasteiger partial charge is 0.290 e. The van der Waals surface area contributed by atoms with Gasteiger partial charge in [0.2, 0.25) is 0 Å². The average molecular weight is 138 g/mol. The second-order valence-electron chi connectivity index (χ2n) is 1.55. The molecule has 0 saturated heterocycles. The van der Waals surface area contributed by atoms with E-state index in [2.05, 4.69) is 0 Å². The van der Waals surface area contributed by atoms with Crippen LogP contribution >= 0.6 is 0 Å². The van der Waals surface area contributed by atoms with E-state index in [1.807, 2.05) is 0 Å². The van der Waals surface area contributed by atoms with Gasteiger partial charge < -0.3 is 0 Å². The third-order valence-electron chi connectivity index (χ3n) is 0.716. The molecule has 4 N–H and O–H groups in total. The van der Waals surface area contributed by atoms with Crippen LogP contribution in [0.5, 0.6) is 0 Å². The molecule has 6 heteroatoms. The standard InChI is InChI=1S/C3H10N2O4/c6-4(7)2-1-3-5(8)9/h6-9H,1-3H2. The molecule has 0 spiro atoms. The van der Waals surface area contributed by atoms with Gasteiger partial charge in [-0.2, -0.15) is 0 Å². The van der Waals surface area contributed by atoms with Crippen molar-refractivity contribution in [1.82, 2.24) is 10.5 Å². The maximum atomic E-state index is 8.07. The maximum absolute atomic E-state index is 8.07. The highest BCUT2D eigenvalue weighted by Crippen LogP contribution is 1.83. The minimum Gasteiger partial charge on any atom is -0.290 e. The second-order valence-corrected chi connectivity index (χ2v) is 1.55. The van der Waals surface area contributed by atoms with Gasteiger partial charge in [0, 0.05) is 0 Å². The Balaban J connectivity index is 2.91. The van der Waals surface area contributed by atoms with E-state index in [0.717, 1.165) is 0 Å². The molecule has 0 heterocycles. The van der Waals surface area contributed by atoms with Crippen LogP contribution in [0.25, 0.3) is 0 Å². The molecule has 0 saturated carbocycles. The van der Waals surface area contributed by atoms with E-state index in [-0.39, 0.29) is 30.0 Å². The van der Waals surface area contributed by atoms with Gasteiger partial charge in [0.15, 0.2) is 0 Å². The van der Waals surface area contributed by atoms with Crippen molar-refractivity contribution >= 4 is 0 Å². The molecule has 0 fully saturated rings. The van der Waals surface area contributed by atoms with Gasteiger partial charge in [0.05, 0.1) is 13.1 Å². The first-order chi connectivity index (χ1) is 4.13. The van der Waals surface area contributed by atoms with Crippen LogP contribution in [0.2, 0.25) is 0 Å². The van der Waals surface area contributed by atoms with Crippen molar-refractivity contribution in [2.24, 2.45) is 0 Å². The van der Waals surface area contributed by atoms with Crippen LogP contribution < -0.4 is 0 Å². The van der Waals surface area contributed by atoms with E-state index in [0.29, 0.717) is 0 Å². The van der Waals surface area contributed by atoms with E-state index in [9.17, 15) is 0 Å². The lowest BCUT2D eigenvalue weighted by molar-refractivity contribution is -0.323. The number of hydrogen-bond acceptors (Lipinski definition) is 6. The summed E-state index contributed by atoms with van der Waals surface area (Å²) in [5, 5.41) is 32.3. The molecule has 0 unspecified atom stereocenters. The molecule has 0 atom stereocenters. The monoisotopic (exact) mass is 138 g/mol. The fourth-order valence-electron chi connectivity index (χ4n) is 0.354. The Hall–Kier alpha value is -0.240. The van der Waals surface area contributed by atoms with Gasteiger partial charge in [0.25, 0.3) is 0 Å². The van der Waals surface area contributed by atoms with Crippen molar-refractivity contribution in [3.05, 3.63) is 0 Å². The Morgan fingerprint density at radius 2 is 1.11 bits per heavy atom. The highest BCUT2D eigenvalue weighted by molar-refractivity contribution is 4.35. The van der Waals surface area contributed by atoms with Gasteiger partial charge in [-0.05, 0) is 6.42 Å². The lowest BCUT2D eigenvalue weighted by Crippen LogP contribution is -2.21. The summed E-state index contributed by atoms with van der Waals surface area (Å²) in [5.74, 6) is 0. The van der Waals surface area contributed by atoms with E-state index in [1.54, 1.807) is 0 Å². The number of hydrogen-bond donors (Lipinski definition) is 4. The quantitative estimate of drug-likeness (QED) is 0.393. The summed E-state index contributed by atoms with van der Waals surface area (Å²) >= 11 is 0. The minimum absolute atomic E-state index is 0.0104. The zero-order valence-electron chi connectivity index (χ0n) is 4.80. The maximum Gasteiger partial charge on any atom is 0.0526 e. The molecule has 0 rings (SSSR count). The SMILES string of the molecule is ON(O)CCCN(O)O. The summed E-state index contributed by atoms with van der Waals surface area (Å²) in [5.41, 5.74) is 0. The Bertz CT molecular complexity index is 58.8. The van der Waals surface area contributed by atoms with Crippen molar-refractivity contribution in [3.8, 4) is 0 Å². The third-order valence-corrected chi connectivity index (χ3v) is 0.716. The molecule has 0 bridgehead atoms. The van der Waals surface area contributed by atoms with E-state index in [1.165, 1.54) is 0 Å². The minimum atomic E-state index is -0.0162. The average Bonchev–Trinajstić information content (AvgIpc) is 1.63. The molecule has 0 aliphatic carbocycles. The van der Waals surface area contributed by atoms with Crippen LogP contribution in [0, 0.1) is 0 Å². The van der Waals surface area contributed by atoms with Gasteiger partial charge in [0.1, 0.15) is 0 Å². The molecule has 0 aromatic rings. The summed E-state index contributed by atoms with van der Waals surface area (Å²) in [4.78, 5) is 0. The summed E-state index contributed by atoms with van der Waals surface area (Å²) in [7, 11) is 0. The summed E-state index contributed by atoms with van der Waals surface area (Å²) < 4.78 is 0. The highest BCUT2D eigenvalue weighted by Gasteiger charge is 1.96. The molecule has 0 radical (unpaired) electrons. The van der Waals surface area contributed by atoms with Crippen molar-refractivity contribution in [2.45, 2.75) is 6.42 Å². The second kappa shape index (κ2) is 4.62. The number of rotatable bonds is 4. The Kier molecular flexibility index (Phi) is 4.50.